The van der Waals surface area contributed by atoms with Crippen LogP contribution in [-0.2, 0) is 0 Å². The van der Waals surface area contributed by atoms with Gasteiger partial charge < -0.3 is 15.7 Å². The lowest BCUT2D eigenvalue weighted by molar-refractivity contribution is 0.0497. The molecule has 6 heteroatoms. The first kappa shape index (κ1) is 13.9. The lowest BCUT2D eigenvalue weighted by Gasteiger charge is -2.34. The standard InChI is InChI=1S/C13H17N3O2S/c14-12(19)9-4-5-11(15-7-9)13(18)16-6-2-1-3-10(16)8-17/h4-5,7,10,17H,1-3,6,8H2,(H2,14,19). The molecule has 102 valence electrons. The molecule has 0 aromatic carbocycles. The number of hydrogen-bond acceptors (Lipinski definition) is 4. The predicted octanol–water partition coefficient (Wildman–Crippen LogP) is 0.703. The summed E-state index contributed by atoms with van der Waals surface area (Å²) >= 11 is 4.84. The molecule has 1 amide bonds. The maximum absolute atomic E-state index is 12.3. The number of carbonyl (C=O) groups is 1. The molecule has 1 aliphatic rings. The average molecular weight is 279 g/mol. The molecule has 0 saturated carbocycles. The first-order chi connectivity index (χ1) is 9.13. The first-order valence-corrected chi connectivity index (χ1v) is 6.72. The summed E-state index contributed by atoms with van der Waals surface area (Å²) in [5.74, 6) is -0.145. The number of likely N-dealkylation sites (tertiary alicyclic amines) is 1. The second-order valence-corrected chi connectivity index (χ2v) is 5.07. The SMILES string of the molecule is NC(=S)c1ccc(C(=O)N2CCCCC2CO)nc1. The quantitative estimate of drug-likeness (QED) is 0.796. The van der Waals surface area contributed by atoms with Crippen molar-refractivity contribution < 1.29 is 9.90 Å². The van der Waals surface area contributed by atoms with Crippen LogP contribution in [0.1, 0.15) is 35.3 Å². The van der Waals surface area contributed by atoms with Crippen LogP contribution in [0, 0.1) is 0 Å². The number of pyridine rings is 1. The Morgan fingerprint density at radius 1 is 1.53 bits per heavy atom. The Hall–Kier alpha value is -1.53. The van der Waals surface area contributed by atoms with Crippen LogP contribution in [0.15, 0.2) is 18.3 Å². The number of rotatable bonds is 3. The van der Waals surface area contributed by atoms with Crippen LogP contribution in [0.25, 0.3) is 0 Å². The average Bonchev–Trinajstić information content (AvgIpc) is 2.46. The predicted molar refractivity (Wildman–Crippen MR) is 75.9 cm³/mol. The Morgan fingerprint density at radius 3 is 2.89 bits per heavy atom. The smallest absolute Gasteiger partial charge is 0.272 e. The maximum Gasteiger partial charge on any atom is 0.272 e. The molecular formula is C13H17N3O2S. The molecule has 19 heavy (non-hydrogen) atoms. The van der Waals surface area contributed by atoms with E-state index in [9.17, 15) is 9.90 Å². The summed E-state index contributed by atoms with van der Waals surface area (Å²) in [5, 5.41) is 9.33. The molecule has 1 atom stereocenters. The van der Waals surface area contributed by atoms with Crippen molar-refractivity contribution in [1.29, 1.82) is 0 Å². The van der Waals surface area contributed by atoms with Crippen molar-refractivity contribution in [3.8, 4) is 0 Å². The lowest BCUT2D eigenvalue weighted by atomic mass is 10.0. The summed E-state index contributed by atoms with van der Waals surface area (Å²) in [6.45, 7) is 0.666. The van der Waals surface area contributed by atoms with E-state index in [1.165, 1.54) is 6.20 Å². The highest BCUT2D eigenvalue weighted by atomic mass is 32.1. The van der Waals surface area contributed by atoms with Gasteiger partial charge in [0.25, 0.3) is 5.91 Å². The zero-order chi connectivity index (χ0) is 13.8. The van der Waals surface area contributed by atoms with Gasteiger partial charge in [0.05, 0.1) is 12.6 Å². The number of carbonyl (C=O) groups excluding carboxylic acids is 1. The number of nitrogens with two attached hydrogens (primary N) is 1. The molecule has 2 rings (SSSR count). The van der Waals surface area contributed by atoms with E-state index in [2.05, 4.69) is 4.98 Å². The third kappa shape index (κ3) is 3.08. The Bertz CT molecular complexity index is 475. The van der Waals surface area contributed by atoms with Gasteiger partial charge in [-0.1, -0.05) is 12.2 Å². The van der Waals surface area contributed by atoms with Gasteiger partial charge in [0, 0.05) is 18.3 Å². The molecule has 0 radical (unpaired) electrons. The van der Waals surface area contributed by atoms with Crippen molar-refractivity contribution in [1.82, 2.24) is 9.88 Å². The molecule has 1 aliphatic heterocycles. The summed E-state index contributed by atoms with van der Waals surface area (Å²) < 4.78 is 0. The van der Waals surface area contributed by atoms with Crippen LogP contribution in [0.2, 0.25) is 0 Å². The number of aliphatic hydroxyl groups excluding tert-OH is 1. The molecule has 0 aliphatic carbocycles. The van der Waals surface area contributed by atoms with Crippen molar-refractivity contribution >= 4 is 23.1 Å². The van der Waals surface area contributed by atoms with Gasteiger partial charge in [-0.25, -0.2) is 0 Å². The van der Waals surface area contributed by atoms with Crippen LogP contribution in [0.5, 0.6) is 0 Å². The highest BCUT2D eigenvalue weighted by Crippen LogP contribution is 2.18. The fourth-order valence-electron chi connectivity index (χ4n) is 2.27. The minimum absolute atomic E-state index is 0.00326. The van der Waals surface area contributed by atoms with Gasteiger partial charge in [-0.15, -0.1) is 0 Å². The number of piperidine rings is 1. The molecule has 1 aromatic rings. The zero-order valence-electron chi connectivity index (χ0n) is 10.6. The summed E-state index contributed by atoms with van der Waals surface area (Å²) in [6.07, 6.45) is 4.36. The van der Waals surface area contributed by atoms with Crippen LogP contribution >= 0.6 is 12.2 Å². The van der Waals surface area contributed by atoms with Crippen molar-refractivity contribution in [2.75, 3.05) is 13.2 Å². The summed E-state index contributed by atoms with van der Waals surface area (Å²) in [5.41, 5.74) is 6.49. The van der Waals surface area contributed by atoms with E-state index < -0.39 is 0 Å². The van der Waals surface area contributed by atoms with E-state index in [1.807, 2.05) is 0 Å². The molecule has 1 fully saturated rings. The van der Waals surface area contributed by atoms with E-state index in [0.29, 0.717) is 17.8 Å². The Morgan fingerprint density at radius 2 is 2.32 bits per heavy atom. The van der Waals surface area contributed by atoms with Gasteiger partial charge in [-0.05, 0) is 31.4 Å². The zero-order valence-corrected chi connectivity index (χ0v) is 11.4. The van der Waals surface area contributed by atoms with Gasteiger partial charge in [0.15, 0.2) is 0 Å². The third-order valence-corrected chi connectivity index (χ3v) is 3.60. The first-order valence-electron chi connectivity index (χ1n) is 6.31. The van der Waals surface area contributed by atoms with Crippen molar-refractivity contribution in [2.24, 2.45) is 5.73 Å². The molecule has 1 unspecified atom stereocenters. The van der Waals surface area contributed by atoms with Gasteiger partial charge in [-0.2, -0.15) is 0 Å². The fraction of sp³-hybridized carbons (Fsp3) is 0.462. The molecule has 3 N–H and O–H groups in total. The topological polar surface area (TPSA) is 79.5 Å². The highest BCUT2D eigenvalue weighted by Gasteiger charge is 2.27. The summed E-state index contributed by atoms with van der Waals surface area (Å²) in [7, 11) is 0. The number of aromatic nitrogens is 1. The second-order valence-electron chi connectivity index (χ2n) is 4.63. The van der Waals surface area contributed by atoms with E-state index in [4.69, 9.17) is 18.0 Å². The second kappa shape index (κ2) is 6.08. The molecule has 5 nitrogen and oxygen atoms in total. The van der Waals surface area contributed by atoms with Gasteiger partial charge in [0.2, 0.25) is 0 Å². The largest absolute Gasteiger partial charge is 0.394 e. The van der Waals surface area contributed by atoms with E-state index in [1.54, 1.807) is 17.0 Å². The Balaban J connectivity index is 2.16. The number of amides is 1. The van der Waals surface area contributed by atoms with E-state index >= 15 is 0 Å². The molecule has 0 spiro atoms. The van der Waals surface area contributed by atoms with Gasteiger partial charge >= 0.3 is 0 Å². The van der Waals surface area contributed by atoms with E-state index in [0.717, 1.165) is 19.3 Å². The van der Waals surface area contributed by atoms with Crippen LogP contribution in [-0.4, -0.2) is 45.1 Å². The number of nitrogens with zero attached hydrogens (tertiary/aromatic N) is 2. The molecule has 2 heterocycles. The summed E-state index contributed by atoms with van der Waals surface area (Å²) in [4.78, 5) is 18.4. The lowest BCUT2D eigenvalue weighted by Crippen LogP contribution is -2.45. The van der Waals surface area contributed by atoms with Crippen LogP contribution in [0.3, 0.4) is 0 Å². The highest BCUT2D eigenvalue weighted by molar-refractivity contribution is 7.80. The van der Waals surface area contributed by atoms with Crippen LogP contribution in [0.4, 0.5) is 0 Å². The molecule has 1 saturated heterocycles. The van der Waals surface area contributed by atoms with Crippen molar-refractivity contribution in [2.45, 2.75) is 25.3 Å². The monoisotopic (exact) mass is 279 g/mol. The molecule has 0 bridgehead atoms. The molecule has 1 aromatic heterocycles. The number of thiocarbonyl (C=S) groups is 1. The Kier molecular flexibility index (Phi) is 4.44. The number of hydrogen-bond donors (Lipinski definition) is 2. The fourth-order valence-corrected chi connectivity index (χ4v) is 2.39. The minimum atomic E-state index is -0.145. The van der Waals surface area contributed by atoms with Gasteiger partial charge in [-0.3, -0.25) is 9.78 Å². The third-order valence-electron chi connectivity index (χ3n) is 3.37. The maximum atomic E-state index is 12.3. The van der Waals surface area contributed by atoms with Gasteiger partial charge in [0.1, 0.15) is 10.7 Å². The van der Waals surface area contributed by atoms with Crippen molar-refractivity contribution in [3.05, 3.63) is 29.6 Å². The van der Waals surface area contributed by atoms with Crippen molar-refractivity contribution in [3.63, 3.8) is 0 Å². The minimum Gasteiger partial charge on any atom is -0.394 e. The Labute approximate surface area is 117 Å². The molecular weight excluding hydrogens is 262 g/mol. The normalized spacial score (nSPS) is 19.2. The summed E-state index contributed by atoms with van der Waals surface area (Å²) in [6, 6.07) is 3.22. The number of aliphatic hydroxyl groups is 1. The van der Waals surface area contributed by atoms with Crippen LogP contribution < -0.4 is 5.73 Å². The van der Waals surface area contributed by atoms with E-state index in [-0.39, 0.29) is 23.5 Å².